The zero-order valence-corrected chi connectivity index (χ0v) is 40.4. The molecular formula is C58H62O12. The minimum Gasteiger partial charge on any atom is -0.494 e. The second-order valence-electron chi connectivity index (χ2n) is 17.8. The van der Waals surface area contributed by atoms with Crippen LogP contribution in [0.2, 0.25) is 0 Å². The van der Waals surface area contributed by atoms with E-state index >= 15 is 0 Å². The Labute approximate surface area is 409 Å². The van der Waals surface area contributed by atoms with Gasteiger partial charge >= 0.3 is 23.9 Å². The lowest BCUT2D eigenvalue weighted by Gasteiger charge is -2.40. The Morgan fingerprint density at radius 2 is 1.04 bits per heavy atom. The molecule has 0 aromatic heterocycles. The number of aryl methyl sites for hydroxylation is 1. The van der Waals surface area contributed by atoms with E-state index < -0.39 is 17.9 Å². The second kappa shape index (κ2) is 25.0. The van der Waals surface area contributed by atoms with Crippen LogP contribution in [-0.4, -0.2) is 70.1 Å². The lowest BCUT2D eigenvalue weighted by molar-refractivity contribution is -0.150. The van der Waals surface area contributed by atoms with Gasteiger partial charge in [-0.15, -0.1) is 0 Å². The number of rotatable bonds is 26. The maximum atomic E-state index is 13.5. The first-order valence-corrected chi connectivity index (χ1v) is 24.2. The summed E-state index contributed by atoms with van der Waals surface area (Å²) in [5.41, 5.74) is 2.45. The van der Waals surface area contributed by atoms with E-state index in [1.807, 2.05) is 31.2 Å². The van der Waals surface area contributed by atoms with Gasteiger partial charge in [0.1, 0.15) is 28.7 Å². The first-order valence-electron chi connectivity index (χ1n) is 24.2. The number of hydrogen-bond donors (Lipinski definition) is 0. The summed E-state index contributed by atoms with van der Waals surface area (Å²) in [6.07, 6.45) is 7.74. The van der Waals surface area contributed by atoms with Crippen molar-refractivity contribution in [1.29, 1.82) is 0 Å². The van der Waals surface area contributed by atoms with Crippen LogP contribution in [0, 0.1) is 5.41 Å². The van der Waals surface area contributed by atoms with Gasteiger partial charge in [-0.25, -0.2) is 19.2 Å². The molecule has 0 spiro atoms. The van der Waals surface area contributed by atoms with Gasteiger partial charge in [-0.1, -0.05) is 51.1 Å². The summed E-state index contributed by atoms with van der Waals surface area (Å²) in [5, 5.41) is 3.33. The first kappa shape index (κ1) is 50.8. The van der Waals surface area contributed by atoms with E-state index in [4.69, 9.17) is 37.9 Å². The molecule has 0 unspecified atom stereocenters. The van der Waals surface area contributed by atoms with Crippen LogP contribution in [0.15, 0.2) is 127 Å². The van der Waals surface area contributed by atoms with Gasteiger partial charge in [0.2, 0.25) is 0 Å². The topological polar surface area (TPSA) is 142 Å². The number of fused-ring (bicyclic) bond motifs is 2. The summed E-state index contributed by atoms with van der Waals surface area (Å²) in [5.74, 6) is 0.589. The van der Waals surface area contributed by atoms with Crippen LogP contribution < -0.4 is 23.7 Å². The van der Waals surface area contributed by atoms with Crippen molar-refractivity contribution in [3.05, 3.63) is 150 Å². The average Bonchev–Trinajstić information content (AvgIpc) is 3.35. The van der Waals surface area contributed by atoms with Crippen molar-refractivity contribution in [3.8, 4) is 28.7 Å². The molecule has 7 rings (SSSR count). The highest BCUT2D eigenvalue weighted by atomic mass is 16.6. The first-order chi connectivity index (χ1) is 34.0. The van der Waals surface area contributed by atoms with E-state index in [-0.39, 0.29) is 11.4 Å². The highest BCUT2D eigenvalue weighted by Gasteiger charge is 2.36. The van der Waals surface area contributed by atoms with Crippen molar-refractivity contribution < 1.29 is 57.1 Å². The molecular weight excluding hydrogens is 889 g/mol. The number of benzene rings is 6. The molecule has 0 atom stereocenters. The van der Waals surface area contributed by atoms with E-state index in [9.17, 15) is 19.2 Å². The fourth-order valence-electron chi connectivity index (χ4n) is 7.82. The Morgan fingerprint density at radius 3 is 1.67 bits per heavy atom. The summed E-state index contributed by atoms with van der Waals surface area (Å²) in [7, 11) is 0. The van der Waals surface area contributed by atoms with Crippen molar-refractivity contribution >= 4 is 45.4 Å². The fourth-order valence-corrected chi connectivity index (χ4v) is 7.82. The number of hydrogen-bond acceptors (Lipinski definition) is 12. The van der Waals surface area contributed by atoms with Crippen molar-refractivity contribution in [2.24, 2.45) is 5.41 Å². The van der Waals surface area contributed by atoms with Crippen molar-refractivity contribution in [2.75, 3.05) is 46.2 Å². The minimum absolute atomic E-state index is 0.194. The van der Waals surface area contributed by atoms with Gasteiger partial charge in [0.15, 0.2) is 0 Å². The van der Waals surface area contributed by atoms with Crippen molar-refractivity contribution in [2.45, 2.75) is 78.6 Å². The van der Waals surface area contributed by atoms with Crippen LogP contribution in [0.4, 0.5) is 0 Å². The fraction of sp³-hybridized carbons (Fsp3) is 0.345. The molecule has 0 radical (unpaired) electrons. The van der Waals surface area contributed by atoms with Gasteiger partial charge in [-0.05, 0) is 176 Å². The Balaban J connectivity index is 0.859. The summed E-state index contributed by atoms with van der Waals surface area (Å²) in [4.78, 5) is 51.3. The zero-order chi connectivity index (χ0) is 49.3. The Hall–Kier alpha value is -7.02. The van der Waals surface area contributed by atoms with Crippen molar-refractivity contribution in [3.63, 3.8) is 0 Å². The highest BCUT2D eigenvalue weighted by Crippen LogP contribution is 2.32. The van der Waals surface area contributed by atoms with Crippen LogP contribution in [0.5, 0.6) is 28.7 Å². The molecule has 12 nitrogen and oxygen atoms in total. The SMILES string of the molecule is C=C(C)C(=O)OCCCCCCOc1ccc2cc(C(=O)Oc3ccc(OC(=O)c4ccc5cc(OC(=O)c6ccc(OCCCCOCC7(CC)COC7)cc6)ccc5c4)c(CCC)c3)ccc2c1. The number of esters is 4. The maximum absolute atomic E-state index is 13.5. The molecule has 6 aromatic rings. The third-order valence-electron chi connectivity index (χ3n) is 12.2. The largest absolute Gasteiger partial charge is 0.494 e. The number of carbonyl (C=O) groups is 4. The predicted molar refractivity (Wildman–Crippen MR) is 268 cm³/mol. The zero-order valence-electron chi connectivity index (χ0n) is 40.4. The van der Waals surface area contributed by atoms with Crippen LogP contribution >= 0.6 is 0 Å². The molecule has 0 aliphatic carbocycles. The smallest absolute Gasteiger partial charge is 0.343 e. The van der Waals surface area contributed by atoms with Crippen LogP contribution in [-0.2, 0) is 25.4 Å². The van der Waals surface area contributed by atoms with Gasteiger partial charge in [-0.2, -0.15) is 0 Å². The Kier molecular flexibility index (Phi) is 18.2. The van der Waals surface area contributed by atoms with E-state index in [2.05, 4.69) is 13.5 Å². The molecule has 366 valence electrons. The van der Waals surface area contributed by atoms with Crippen LogP contribution in [0.3, 0.4) is 0 Å². The molecule has 6 aromatic carbocycles. The predicted octanol–water partition coefficient (Wildman–Crippen LogP) is 12.3. The van der Waals surface area contributed by atoms with E-state index in [0.29, 0.717) is 78.1 Å². The van der Waals surface area contributed by atoms with Gasteiger partial charge < -0.3 is 37.9 Å². The van der Waals surface area contributed by atoms with Gasteiger partial charge in [0.25, 0.3) is 0 Å². The Morgan fingerprint density at radius 1 is 0.543 bits per heavy atom. The minimum atomic E-state index is -0.540. The third kappa shape index (κ3) is 14.3. The Bertz CT molecular complexity index is 2770. The van der Waals surface area contributed by atoms with Gasteiger partial charge in [-0.3, -0.25) is 0 Å². The molecule has 1 fully saturated rings. The highest BCUT2D eigenvalue weighted by molar-refractivity contribution is 5.98. The molecule has 12 heteroatoms. The molecule has 0 bridgehead atoms. The quantitative estimate of drug-likeness (QED) is 0.0221. The van der Waals surface area contributed by atoms with E-state index in [1.165, 1.54) is 0 Å². The van der Waals surface area contributed by atoms with Crippen LogP contribution in [0.25, 0.3) is 21.5 Å². The molecule has 0 saturated carbocycles. The number of carbonyl (C=O) groups excluding carboxylic acids is 4. The average molecular weight is 951 g/mol. The summed E-state index contributed by atoms with van der Waals surface area (Å²) < 4.78 is 45.6. The second-order valence-corrected chi connectivity index (χ2v) is 17.8. The number of unbranched alkanes of at least 4 members (excludes halogenated alkanes) is 4. The van der Waals surface area contributed by atoms with Crippen molar-refractivity contribution in [1.82, 2.24) is 0 Å². The monoisotopic (exact) mass is 950 g/mol. The lowest BCUT2D eigenvalue weighted by atomic mass is 9.84. The third-order valence-corrected chi connectivity index (χ3v) is 12.2. The molecule has 1 saturated heterocycles. The van der Waals surface area contributed by atoms with Gasteiger partial charge in [0, 0.05) is 17.6 Å². The molecule has 1 aliphatic rings. The normalized spacial score (nSPS) is 12.7. The summed E-state index contributed by atoms with van der Waals surface area (Å²) in [6.45, 7) is 13.9. The molecule has 0 N–H and O–H groups in total. The lowest BCUT2D eigenvalue weighted by Crippen LogP contribution is -2.45. The molecule has 70 heavy (non-hydrogen) atoms. The summed E-state index contributed by atoms with van der Waals surface area (Å²) >= 11 is 0. The molecule has 1 aliphatic heterocycles. The number of ether oxygens (including phenoxy) is 8. The van der Waals surface area contributed by atoms with E-state index in [1.54, 1.807) is 97.9 Å². The van der Waals surface area contributed by atoms with Crippen LogP contribution in [0.1, 0.15) is 109 Å². The molecule has 0 amide bonds. The van der Waals surface area contributed by atoms with E-state index in [0.717, 1.165) is 104 Å². The molecule has 1 heterocycles. The van der Waals surface area contributed by atoms with Gasteiger partial charge in [0.05, 0.1) is 56.3 Å². The maximum Gasteiger partial charge on any atom is 0.343 e. The standard InChI is InChI=1S/C58H62O12/c1-5-13-46-36-52(69-56(61)47-16-14-44-34-50(24-20-42(44)32-47)66-29-9-7-8-10-31-67-54(59)40(3)4)26-27-53(46)70-57(62)48-17-15-45-35-51(25-21-43(45)33-48)68-55(60)41-18-22-49(23-19-41)65-30-12-11-28-63-37-58(6-2)38-64-39-58/h14-27,32-36H,3,5-13,28-31,37-39H2,1-2,4H3. The summed E-state index contributed by atoms with van der Waals surface area (Å²) in [6, 6.07) is 33.4.